The van der Waals surface area contributed by atoms with Gasteiger partial charge in [-0.2, -0.15) is 0 Å². The molecule has 0 unspecified atom stereocenters. The largest absolute Gasteiger partial charge is 0.493 e. The lowest BCUT2D eigenvalue weighted by molar-refractivity contribution is -0.142. The molecule has 0 radical (unpaired) electrons. The van der Waals surface area contributed by atoms with Crippen molar-refractivity contribution in [2.45, 2.75) is 25.4 Å². The number of urea groups is 1. The summed E-state index contributed by atoms with van der Waals surface area (Å²) in [5.74, 6) is 0.581. The molecule has 1 aromatic carbocycles. The number of hydrogen-bond donors (Lipinski definition) is 2. The van der Waals surface area contributed by atoms with E-state index >= 15 is 0 Å². The molecule has 2 amide bonds. The third-order valence-electron chi connectivity index (χ3n) is 4.81. The average Bonchev–Trinajstić information content (AvgIpc) is 3.20. The van der Waals surface area contributed by atoms with Gasteiger partial charge < -0.3 is 29.4 Å². The Balaban J connectivity index is 2.02. The third-order valence-corrected chi connectivity index (χ3v) is 4.81. The first-order chi connectivity index (χ1) is 13.5. The second-order valence-corrected chi connectivity index (χ2v) is 6.39. The lowest BCUT2D eigenvalue weighted by Crippen LogP contribution is -2.50. The minimum Gasteiger partial charge on any atom is -0.493 e. The lowest BCUT2D eigenvalue weighted by Gasteiger charge is -2.36. The van der Waals surface area contributed by atoms with E-state index in [1.165, 1.54) is 7.11 Å². The number of imidazole rings is 1. The van der Waals surface area contributed by atoms with Gasteiger partial charge in [-0.25, -0.2) is 14.6 Å². The Hall–Kier alpha value is -3.23. The van der Waals surface area contributed by atoms with Crippen molar-refractivity contribution in [1.82, 2.24) is 20.2 Å². The summed E-state index contributed by atoms with van der Waals surface area (Å²) < 4.78 is 15.7. The highest BCUT2D eigenvalue weighted by Crippen LogP contribution is 2.41. The number of aromatic amines is 1. The number of carbonyl (C=O) groups is 2. The van der Waals surface area contributed by atoms with Crippen molar-refractivity contribution in [2.75, 3.05) is 27.9 Å². The number of nitrogens with one attached hydrogen (secondary N) is 2. The first kappa shape index (κ1) is 19.5. The fourth-order valence-electron chi connectivity index (χ4n) is 3.44. The van der Waals surface area contributed by atoms with Crippen LogP contribution in [0.2, 0.25) is 0 Å². The minimum absolute atomic E-state index is 0.388. The van der Waals surface area contributed by atoms with Gasteiger partial charge in [0.15, 0.2) is 11.5 Å². The molecule has 0 saturated heterocycles. The van der Waals surface area contributed by atoms with E-state index < -0.39 is 18.1 Å². The highest BCUT2D eigenvalue weighted by Gasteiger charge is 2.37. The summed E-state index contributed by atoms with van der Waals surface area (Å²) in [4.78, 5) is 33.9. The number of amides is 2. The van der Waals surface area contributed by atoms with Gasteiger partial charge in [-0.05, 0) is 13.0 Å². The van der Waals surface area contributed by atoms with Crippen LogP contribution in [-0.2, 0) is 16.0 Å². The molecular formula is C19H24N4O5. The van der Waals surface area contributed by atoms with Gasteiger partial charge in [0.25, 0.3) is 0 Å². The Morgan fingerprint density at radius 1 is 1.29 bits per heavy atom. The molecule has 9 nitrogen and oxygen atoms in total. The number of rotatable bonds is 5. The van der Waals surface area contributed by atoms with Gasteiger partial charge >= 0.3 is 12.0 Å². The molecule has 9 heteroatoms. The van der Waals surface area contributed by atoms with Crippen molar-refractivity contribution in [3.8, 4) is 11.5 Å². The quantitative estimate of drug-likeness (QED) is 0.755. The van der Waals surface area contributed by atoms with Crippen LogP contribution in [0.1, 0.15) is 29.9 Å². The standard InChI is InChI=1S/C19H24N4O5/c1-11(18(24)28-4)22-19(25)23-9-8-13-15(21-10-20-13)16(23)12-6-5-7-14(26-2)17(12)27-3/h5-7,10-11,16H,8-9H2,1-4H3,(H,20,21)(H,22,25)/t11-,16+/m1/s1. The first-order valence-corrected chi connectivity index (χ1v) is 8.89. The van der Waals surface area contributed by atoms with Crippen molar-refractivity contribution in [1.29, 1.82) is 0 Å². The van der Waals surface area contributed by atoms with Crippen molar-refractivity contribution < 1.29 is 23.8 Å². The highest BCUT2D eigenvalue weighted by molar-refractivity contribution is 5.84. The predicted molar refractivity (Wildman–Crippen MR) is 100 cm³/mol. The van der Waals surface area contributed by atoms with Crippen molar-refractivity contribution in [2.24, 2.45) is 0 Å². The van der Waals surface area contributed by atoms with Crippen LogP contribution < -0.4 is 14.8 Å². The number of H-pyrrole nitrogens is 1. The number of fused-ring (bicyclic) bond motifs is 1. The van der Waals surface area contributed by atoms with Crippen LogP contribution in [0.5, 0.6) is 11.5 Å². The zero-order valence-corrected chi connectivity index (χ0v) is 16.3. The molecule has 2 atom stereocenters. The number of esters is 1. The number of aromatic nitrogens is 2. The van der Waals surface area contributed by atoms with Gasteiger partial charge in [-0.1, -0.05) is 12.1 Å². The van der Waals surface area contributed by atoms with Gasteiger partial charge in [0.2, 0.25) is 0 Å². The number of methoxy groups -OCH3 is 3. The van der Waals surface area contributed by atoms with Gasteiger partial charge in [0.1, 0.15) is 12.1 Å². The zero-order chi connectivity index (χ0) is 20.3. The summed E-state index contributed by atoms with van der Waals surface area (Å²) in [7, 11) is 4.40. The molecule has 0 fully saturated rings. The first-order valence-electron chi connectivity index (χ1n) is 8.89. The third kappa shape index (κ3) is 3.47. The van der Waals surface area contributed by atoms with Gasteiger partial charge in [-0.3, -0.25) is 0 Å². The minimum atomic E-state index is -0.772. The molecule has 28 heavy (non-hydrogen) atoms. The molecule has 1 aliphatic heterocycles. The van der Waals surface area contributed by atoms with Crippen LogP contribution in [0.25, 0.3) is 0 Å². The Bertz CT molecular complexity index is 866. The van der Waals surface area contributed by atoms with Crippen molar-refractivity contribution in [3.05, 3.63) is 41.5 Å². The van der Waals surface area contributed by atoms with Crippen LogP contribution in [0, 0.1) is 0 Å². The fourth-order valence-corrected chi connectivity index (χ4v) is 3.44. The molecule has 0 spiro atoms. The van der Waals surface area contributed by atoms with Crippen LogP contribution in [0.3, 0.4) is 0 Å². The molecule has 3 rings (SSSR count). The molecule has 1 aliphatic rings. The molecule has 0 bridgehead atoms. The smallest absolute Gasteiger partial charge is 0.328 e. The van der Waals surface area contributed by atoms with E-state index in [1.54, 1.807) is 38.4 Å². The molecule has 2 aromatic rings. The van der Waals surface area contributed by atoms with Crippen LogP contribution in [0.15, 0.2) is 24.5 Å². The number of para-hydroxylation sites is 1. The SMILES string of the molecule is COC(=O)[C@@H](C)NC(=O)N1CCc2[nH]cnc2[C@@H]1c1cccc(OC)c1OC. The number of carbonyl (C=O) groups excluding carboxylic acids is 2. The number of nitrogens with zero attached hydrogens (tertiary/aromatic N) is 2. The fraction of sp³-hybridized carbons (Fsp3) is 0.421. The molecule has 1 aromatic heterocycles. The second kappa shape index (κ2) is 8.20. The molecule has 0 saturated carbocycles. The van der Waals surface area contributed by atoms with E-state index in [-0.39, 0.29) is 6.03 Å². The van der Waals surface area contributed by atoms with E-state index in [0.29, 0.717) is 24.5 Å². The Kier molecular flexibility index (Phi) is 5.72. The Labute approximate surface area is 163 Å². The molecule has 2 heterocycles. The molecular weight excluding hydrogens is 364 g/mol. The summed E-state index contributed by atoms with van der Waals surface area (Å²) in [5.41, 5.74) is 2.44. The van der Waals surface area contributed by atoms with E-state index in [4.69, 9.17) is 14.2 Å². The predicted octanol–water partition coefficient (Wildman–Crippen LogP) is 1.65. The summed E-state index contributed by atoms with van der Waals surface area (Å²) in [6.45, 7) is 2.02. The highest BCUT2D eigenvalue weighted by atomic mass is 16.5. The van der Waals surface area contributed by atoms with Crippen LogP contribution in [0.4, 0.5) is 4.79 Å². The maximum absolute atomic E-state index is 13.0. The monoisotopic (exact) mass is 388 g/mol. The molecule has 2 N–H and O–H groups in total. The van der Waals surface area contributed by atoms with E-state index in [9.17, 15) is 9.59 Å². The topological polar surface area (TPSA) is 106 Å². The van der Waals surface area contributed by atoms with Gasteiger partial charge in [0, 0.05) is 24.2 Å². The number of hydrogen-bond acceptors (Lipinski definition) is 6. The van der Waals surface area contributed by atoms with Crippen LogP contribution in [-0.4, -0.2) is 60.8 Å². The molecule has 150 valence electrons. The summed E-state index contributed by atoms with van der Waals surface area (Å²) in [6, 6.07) is 3.85. The maximum Gasteiger partial charge on any atom is 0.328 e. The summed E-state index contributed by atoms with van der Waals surface area (Å²) in [6.07, 6.45) is 2.24. The lowest BCUT2D eigenvalue weighted by atomic mass is 9.95. The van der Waals surface area contributed by atoms with Crippen molar-refractivity contribution >= 4 is 12.0 Å². The zero-order valence-electron chi connectivity index (χ0n) is 16.3. The van der Waals surface area contributed by atoms with E-state index in [1.807, 2.05) is 12.1 Å². The maximum atomic E-state index is 13.0. The Morgan fingerprint density at radius 2 is 2.07 bits per heavy atom. The number of benzene rings is 1. The van der Waals surface area contributed by atoms with E-state index in [2.05, 4.69) is 15.3 Å². The van der Waals surface area contributed by atoms with Crippen LogP contribution >= 0.6 is 0 Å². The normalized spacial score (nSPS) is 16.7. The average molecular weight is 388 g/mol. The van der Waals surface area contributed by atoms with Gasteiger partial charge in [-0.15, -0.1) is 0 Å². The summed E-state index contributed by atoms with van der Waals surface area (Å²) in [5, 5.41) is 2.69. The molecule has 0 aliphatic carbocycles. The second-order valence-electron chi connectivity index (χ2n) is 6.39. The van der Waals surface area contributed by atoms with Crippen molar-refractivity contribution in [3.63, 3.8) is 0 Å². The number of ether oxygens (including phenoxy) is 3. The summed E-state index contributed by atoms with van der Waals surface area (Å²) >= 11 is 0. The Morgan fingerprint density at radius 3 is 2.75 bits per heavy atom. The van der Waals surface area contributed by atoms with E-state index in [0.717, 1.165) is 17.0 Å². The van der Waals surface area contributed by atoms with Gasteiger partial charge in [0.05, 0.1) is 33.4 Å².